The Morgan fingerprint density at radius 1 is 1.11 bits per heavy atom. The molecule has 1 saturated carbocycles. The molecule has 0 bridgehead atoms. The maximum Gasteiger partial charge on any atom is 0.241 e. The number of rotatable bonds is 6. The highest BCUT2D eigenvalue weighted by Crippen LogP contribution is 2.24. The first-order valence-electron chi connectivity index (χ1n) is 10.2. The van der Waals surface area contributed by atoms with E-state index in [0.29, 0.717) is 6.04 Å². The standard InChI is InChI=1S/C23H27N3OS/c1-16(24-18-7-3-2-4-8-18)23(27)25-19-13-11-17(12-14-19)15-22-26-20-9-5-6-10-21(20)28-22/h5-6,9-14,16,18,24H,2-4,7-8,15H2,1H3,(H,25,27)/t16-/m1/s1. The molecule has 1 amide bonds. The lowest BCUT2D eigenvalue weighted by atomic mass is 9.95. The molecule has 1 aromatic heterocycles. The van der Waals surface area contributed by atoms with E-state index in [1.807, 2.05) is 31.2 Å². The summed E-state index contributed by atoms with van der Waals surface area (Å²) in [4.78, 5) is 17.2. The SMILES string of the molecule is C[C@@H](NC1CCCCC1)C(=O)Nc1ccc(Cc2nc3ccccc3s2)cc1. The van der Waals surface area contributed by atoms with Crippen molar-refractivity contribution in [2.45, 2.75) is 57.5 Å². The number of hydrogen-bond acceptors (Lipinski definition) is 4. The molecule has 146 valence electrons. The molecule has 0 saturated heterocycles. The highest BCUT2D eigenvalue weighted by atomic mass is 32.1. The zero-order valence-electron chi connectivity index (χ0n) is 16.3. The van der Waals surface area contributed by atoms with Gasteiger partial charge in [0.15, 0.2) is 0 Å². The predicted octanol–water partition coefficient (Wildman–Crippen LogP) is 5.14. The van der Waals surface area contributed by atoms with E-state index in [2.05, 4.69) is 34.9 Å². The van der Waals surface area contributed by atoms with Gasteiger partial charge in [-0.3, -0.25) is 4.79 Å². The first-order chi connectivity index (χ1) is 13.7. The summed E-state index contributed by atoms with van der Waals surface area (Å²) >= 11 is 1.74. The van der Waals surface area contributed by atoms with E-state index in [0.717, 1.165) is 22.6 Å². The number of carbonyl (C=O) groups is 1. The Morgan fingerprint density at radius 3 is 2.61 bits per heavy atom. The second kappa shape index (κ2) is 8.84. The molecule has 1 atom stereocenters. The molecular formula is C23H27N3OS. The molecule has 1 heterocycles. The summed E-state index contributed by atoms with van der Waals surface area (Å²) in [6.07, 6.45) is 7.02. The van der Waals surface area contributed by atoms with Gasteiger partial charge in [-0.1, -0.05) is 43.5 Å². The molecule has 5 heteroatoms. The monoisotopic (exact) mass is 393 g/mol. The fourth-order valence-corrected chi connectivity index (χ4v) is 4.83. The molecule has 0 aliphatic heterocycles. The summed E-state index contributed by atoms with van der Waals surface area (Å²) < 4.78 is 1.22. The maximum absolute atomic E-state index is 12.5. The van der Waals surface area contributed by atoms with Crippen molar-refractivity contribution in [1.82, 2.24) is 10.3 Å². The normalized spacial score (nSPS) is 16.2. The second-order valence-corrected chi connectivity index (χ2v) is 8.78. The van der Waals surface area contributed by atoms with E-state index >= 15 is 0 Å². The minimum Gasteiger partial charge on any atom is -0.325 e. The van der Waals surface area contributed by atoms with E-state index in [1.54, 1.807) is 11.3 Å². The van der Waals surface area contributed by atoms with Gasteiger partial charge < -0.3 is 10.6 Å². The van der Waals surface area contributed by atoms with Gasteiger partial charge in [-0.15, -0.1) is 11.3 Å². The number of aromatic nitrogens is 1. The fourth-order valence-electron chi connectivity index (χ4n) is 3.83. The zero-order valence-corrected chi connectivity index (χ0v) is 17.1. The number of anilines is 1. The van der Waals surface area contributed by atoms with Crippen molar-refractivity contribution >= 4 is 33.1 Å². The molecule has 1 aliphatic carbocycles. The van der Waals surface area contributed by atoms with Crippen molar-refractivity contribution in [3.05, 3.63) is 59.1 Å². The van der Waals surface area contributed by atoms with Crippen LogP contribution in [0.15, 0.2) is 48.5 Å². The third kappa shape index (κ3) is 4.78. The molecular weight excluding hydrogens is 366 g/mol. The van der Waals surface area contributed by atoms with Crippen LogP contribution in [-0.2, 0) is 11.2 Å². The van der Waals surface area contributed by atoms with Gasteiger partial charge in [0.05, 0.1) is 21.3 Å². The van der Waals surface area contributed by atoms with Gasteiger partial charge in [0, 0.05) is 18.2 Å². The van der Waals surface area contributed by atoms with Crippen molar-refractivity contribution in [2.75, 3.05) is 5.32 Å². The van der Waals surface area contributed by atoms with Crippen molar-refractivity contribution < 1.29 is 4.79 Å². The molecule has 2 aromatic carbocycles. The summed E-state index contributed by atoms with van der Waals surface area (Å²) in [5.74, 6) is 0.0319. The number of benzene rings is 2. The Labute approximate surface area is 170 Å². The Kier molecular flexibility index (Phi) is 6.03. The number of hydrogen-bond donors (Lipinski definition) is 2. The van der Waals surface area contributed by atoms with E-state index in [9.17, 15) is 4.79 Å². The van der Waals surface area contributed by atoms with Crippen molar-refractivity contribution in [1.29, 1.82) is 0 Å². The van der Waals surface area contributed by atoms with Crippen molar-refractivity contribution in [3.8, 4) is 0 Å². The van der Waals surface area contributed by atoms with Crippen molar-refractivity contribution in [3.63, 3.8) is 0 Å². The molecule has 3 aromatic rings. The van der Waals surface area contributed by atoms with Crippen LogP contribution in [0.3, 0.4) is 0 Å². The number of para-hydroxylation sites is 1. The van der Waals surface area contributed by atoms with E-state index < -0.39 is 0 Å². The highest BCUT2D eigenvalue weighted by Gasteiger charge is 2.19. The fraction of sp³-hybridized carbons (Fsp3) is 0.391. The summed E-state index contributed by atoms with van der Waals surface area (Å²) in [5, 5.41) is 7.62. The molecule has 4 rings (SSSR count). The van der Waals surface area contributed by atoms with Gasteiger partial charge in [-0.05, 0) is 49.6 Å². The number of carbonyl (C=O) groups excluding carboxylic acids is 1. The average molecular weight is 394 g/mol. The summed E-state index contributed by atoms with van der Waals surface area (Å²) in [6, 6.07) is 16.6. The third-order valence-corrected chi connectivity index (χ3v) is 6.44. The van der Waals surface area contributed by atoms with Crippen LogP contribution in [0, 0.1) is 0 Å². The van der Waals surface area contributed by atoms with Crippen LogP contribution in [0.25, 0.3) is 10.2 Å². The second-order valence-electron chi connectivity index (χ2n) is 7.66. The lowest BCUT2D eigenvalue weighted by Gasteiger charge is -2.26. The summed E-state index contributed by atoms with van der Waals surface area (Å²) in [6.45, 7) is 1.95. The molecule has 0 unspecified atom stereocenters. The van der Waals surface area contributed by atoms with Gasteiger partial charge in [-0.2, -0.15) is 0 Å². The highest BCUT2D eigenvalue weighted by molar-refractivity contribution is 7.18. The minimum atomic E-state index is -0.175. The molecule has 2 N–H and O–H groups in total. The van der Waals surface area contributed by atoms with Gasteiger partial charge in [0.1, 0.15) is 0 Å². The lowest BCUT2D eigenvalue weighted by molar-refractivity contribution is -0.118. The average Bonchev–Trinajstić information content (AvgIpc) is 3.12. The van der Waals surface area contributed by atoms with Crippen LogP contribution in [0.1, 0.15) is 49.6 Å². The maximum atomic E-state index is 12.5. The van der Waals surface area contributed by atoms with Gasteiger partial charge in [0.2, 0.25) is 5.91 Å². The molecule has 0 radical (unpaired) electrons. The first-order valence-corrected chi connectivity index (χ1v) is 11.0. The number of nitrogens with zero attached hydrogens (tertiary/aromatic N) is 1. The molecule has 0 spiro atoms. The number of thiazole rings is 1. The third-order valence-electron chi connectivity index (χ3n) is 5.40. The van der Waals surface area contributed by atoms with Crippen LogP contribution in [0.2, 0.25) is 0 Å². The van der Waals surface area contributed by atoms with Gasteiger partial charge in [0.25, 0.3) is 0 Å². The van der Waals surface area contributed by atoms with Crippen LogP contribution in [-0.4, -0.2) is 23.0 Å². The predicted molar refractivity (Wildman–Crippen MR) is 117 cm³/mol. The first kappa shape index (κ1) is 19.1. The minimum absolute atomic E-state index is 0.0319. The number of fused-ring (bicyclic) bond motifs is 1. The van der Waals surface area contributed by atoms with Crippen LogP contribution in [0.4, 0.5) is 5.69 Å². The topological polar surface area (TPSA) is 54.0 Å². The summed E-state index contributed by atoms with van der Waals surface area (Å²) in [5.41, 5.74) is 3.10. The number of amides is 1. The molecule has 1 fully saturated rings. The summed E-state index contributed by atoms with van der Waals surface area (Å²) in [7, 11) is 0. The quantitative estimate of drug-likeness (QED) is 0.610. The Balaban J connectivity index is 1.32. The molecule has 1 aliphatic rings. The Morgan fingerprint density at radius 2 is 1.86 bits per heavy atom. The smallest absolute Gasteiger partial charge is 0.241 e. The Hall–Kier alpha value is -2.24. The lowest BCUT2D eigenvalue weighted by Crippen LogP contribution is -2.44. The molecule has 4 nitrogen and oxygen atoms in total. The van der Waals surface area contributed by atoms with Gasteiger partial charge >= 0.3 is 0 Å². The van der Waals surface area contributed by atoms with Crippen LogP contribution in [0.5, 0.6) is 0 Å². The van der Waals surface area contributed by atoms with Crippen LogP contribution >= 0.6 is 11.3 Å². The van der Waals surface area contributed by atoms with E-state index in [1.165, 1.54) is 42.4 Å². The van der Waals surface area contributed by atoms with Crippen molar-refractivity contribution in [2.24, 2.45) is 0 Å². The molecule has 28 heavy (non-hydrogen) atoms. The van der Waals surface area contributed by atoms with Gasteiger partial charge in [-0.25, -0.2) is 4.98 Å². The zero-order chi connectivity index (χ0) is 19.3. The van der Waals surface area contributed by atoms with Crippen LogP contribution < -0.4 is 10.6 Å². The van der Waals surface area contributed by atoms with E-state index in [-0.39, 0.29) is 11.9 Å². The largest absolute Gasteiger partial charge is 0.325 e. The Bertz CT molecular complexity index is 895. The van der Waals surface area contributed by atoms with E-state index in [4.69, 9.17) is 4.98 Å². The number of nitrogens with one attached hydrogen (secondary N) is 2.